The normalized spacial score (nSPS) is 9.42. The van der Waals surface area contributed by atoms with Crippen molar-refractivity contribution in [3.63, 3.8) is 0 Å². The molecule has 0 unspecified atom stereocenters. The Kier molecular flexibility index (Phi) is 2.70. The number of ether oxygens (including phenoxy) is 1. The van der Waals surface area contributed by atoms with E-state index in [4.69, 9.17) is 10.00 Å². The number of aromatic nitrogens is 2. The van der Waals surface area contributed by atoms with Crippen molar-refractivity contribution in [3.05, 3.63) is 11.8 Å². The second kappa shape index (κ2) is 3.77. The molecule has 0 amide bonds. The van der Waals surface area contributed by atoms with Gasteiger partial charge in [-0.1, -0.05) is 0 Å². The molecule has 4 heteroatoms. The summed E-state index contributed by atoms with van der Waals surface area (Å²) in [7, 11) is 1.80. The Morgan fingerprint density at radius 3 is 3.08 bits per heavy atom. The van der Waals surface area contributed by atoms with Crippen molar-refractivity contribution in [1.82, 2.24) is 9.78 Å². The van der Waals surface area contributed by atoms with Crippen LogP contribution in [0.15, 0.2) is 6.07 Å². The zero-order chi connectivity index (χ0) is 8.97. The first-order chi connectivity index (χ1) is 5.77. The Balaban J connectivity index is 2.79. The molecule has 0 radical (unpaired) electrons. The standard InChI is InChI=1S/C8H11N3O/c1-3-12-8-6-7(4-5-9)11(2)10-8/h6H,3-4H2,1-2H3. The van der Waals surface area contributed by atoms with E-state index < -0.39 is 0 Å². The fourth-order valence-electron chi connectivity index (χ4n) is 0.942. The third-order valence-electron chi connectivity index (χ3n) is 1.51. The fourth-order valence-corrected chi connectivity index (χ4v) is 0.942. The molecule has 1 heterocycles. The molecule has 0 aliphatic heterocycles. The second-order valence-electron chi connectivity index (χ2n) is 2.37. The van der Waals surface area contributed by atoms with Crippen LogP contribution in [0.5, 0.6) is 5.88 Å². The van der Waals surface area contributed by atoms with Crippen molar-refractivity contribution in [1.29, 1.82) is 5.26 Å². The van der Waals surface area contributed by atoms with Crippen LogP contribution in [0, 0.1) is 11.3 Å². The van der Waals surface area contributed by atoms with Gasteiger partial charge in [0.1, 0.15) is 0 Å². The van der Waals surface area contributed by atoms with Gasteiger partial charge in [-0.2, -0.15) is 5.26 Å². The predicted molar refractivity (Wildman–Crippen MR) is 43.7 cm³/mol. The molecule has 4 nitrogen and oxygen atoms in total. The van der Waals surface area contributed by atoms with Gasteiger partial charge in [0.2, 0.25) is 5.88 Å². The molecule has 1 rings (SSSR count). The highest BCUT2D eigenvalue weighted by Crippen LogP contribution is 2.10. The molecule has 0 fully saturated rings. The molecule has 0 aliphatic carbocycles. The maximum atomic E-state index is 8.45. The third-order valence-corrected chi connectivity index (χ3v) is 1.51. The average molecular weight is 165 g/mol. The van der Waals surface area contributed by atoms with E-state index in [0.29, 0.717) is 18.9 Å². The number of aryl methyl sites for hydroxylation is 1. The average Bonchev–Trinajstić information content (AvgIpc) is 2.34. The number of hydrogen-bond acceptors (Lipinski definition) is 3. The topological polar surface area (TPSA) is 50.8 Å². The maximum Gasteiger partial charge on any atom is 0.233 e. The summed E-state index contributed by atoms with van der Waals surface area (Å²) in [6, 6.07) is 3.85. The summed E-state index contributed by atoms with van der Waals surface area (Å²) in [5.74, 6) is 0.588. The maximum absolute atomic E-state index is 8.45. The van der Waals surface area contributed by atoms with Crippen molar-refractivity contribution in [3.8, 4) is 11.9 Å². The van der Waals surface area contributed by atoms with Gasteiger partial charge >= 0.3 is 0 Å². The van der Waals surface area contributed by atoms with E-state index in [1.54, 1.807) is 17.8 Å². The minimum atomic E-state index is 0.372. The number of nitrogens with zero attached hydrogens (tertiary/aromatic N) is 3. The quantitative estimate of drug-likeness (QED) is 0.668. The molecule has 1 aromatic heterocycles. The van der Waals surface area contributed by atoms with E-state index in [2.05, 4.69) is 11.2 Å². The van der Waals surface area contributed by atoms with Gasteiger partial charge in [-0.25, -0.2) is 0 Å². The summed E-state index contributed by atoms with van der Waals surface area (Å²) in [5, 5.41) is 12.5. The predicted octanol–water partition coefficient (Wildman–Crippen LogP) is 0.885. The second-order valence-corrected chi connectivity index (χ2v) is 2.37. The van der Waals surface area contributed by atoms with Crippen LogP contribution in [0.3, 0.4) is 0 Å². The van der Waals surface area contributed by atoms with Gasteiger partial charge in [0, 0.05) is 13.1 Å². The molecular formula is C8H11N3O. The summed E-state index contributed by atoms with van der Waals surface area (Å²) in [6.45, 7) is 2.50. The van der Waals surface area contributed by atoms with Crippen LogP contribution in [-0.2, 0) is 13.5 Å². The highest BCUT2D eigenvalue weighted by atomic mass is 16.5. The number of nitriles is 1. The number of hydrogen-bond donors (Lipinski definition) is 0. The van der Waals surface area contributed by atoms with E-state index in [9.17, 15) is 0 Å². The van der Waals surface area contributed by atoms with Gasteiger partial charge in [0.15, 0.2) is 0 Å². The Morgan fingerprint density at radius 1 is 1.75 bits per heavy atom. The highest BCUT2D eigenvalue weighted by Gasteiger charge is 2.03. The molecule has 0 atom stereocenters. The van der Waals surface area contributed by atoms with Crippen LogP contribution < -0.4 is 4.74 Å². The summed E-state index contributed by atoms with van der Waals surface area (Å²) in [4.78, 5) is 0. The highest BCUT2D eigenvalue weighted by molar-refractivity contribution is 5.17. The SMILES string of the molecule is CCOc1cc(CC#N)n(C)n1. The molecule has 0 aromatic carbocycles. The van der Waals surface area contributed by atoms with Gasteiger partial charge in [0.25, 0.3) is 0 Å². The Bertz CT molecular complexity index is 298. The molecule has 0 aliphatic rings. The van der Waals surface area contributed by atoms with Crippen LogP contribution in [-0.4, -0.2) is 16.4 Å². The van der Waals surface area contributed by atoms with Crippen LogP contribution in [0.4, 0.5) is 0 Å². The van der Waals surface area contributed by atoms with Crippen LogP contribution in [0.2, 0.25) is 0 Å². The van der Waals surface area contributed by atoms with Gasteiger partial charge < -0.3 is 4.74 Å². The Hall–Kier alpha value is -1.50. The van der Waals surface area contributed by atoms with E-state index in [1.807, 2.05) is 6.92 Å². The summed E-state index contributed by atoms with van der Waals surface area (Å²) in [6.07, 6.45) is 0.372. The zero-order valence-electron chi connectivity index (χ0n) is 7.24. The van der Waals surface area contributed by atoms with Gasteiger partial charge in [-0.15, -0.1) is 5.10 Å². The molecule has 0 saturated carbocycles. The van der Waals surface area contributed by atoms with E-state index in [0.717, 1.165) is 5.69 Å². The van der Waals surface area contributed by atoms with Gasteiger partial charge in [-0.3, -0.25) is 4.68 Å². The van der Waals surface area contributed by atoms with Crippen molar-refractivity contribution in [2.75, 3.05) is 6.61 Å². The lowest BCUT2D eigenvalue weighted by molar-refractivity contribution is 0.323. The summed E-state index contributed by atoms with van der Waals surface area (Å²) < 4.78 is 6.83. The van der Waals surface area contributed by atoms with Crippen molar-refractivity contribution >= 4 is 0 Å². The zero-order valence-corrected chi connectivity index (χ0v) is 7.24. The molecule has 0 N–H and O–H groups in total. The third kappa shape index (κ3) is 1.76. The molecule has 0 spiro atoms. The molecule has 1 aromatic rings. The molecule has 0 bridgehead atoms. The van der Waals surface area contributed by atoms with Gasteiger partial charge in [-0.05, 0) is 6.92 Å². The lowest BCUT2D eigenvalue weighted by Crippen LogP contribution is -1.97. The van der Waals surface area contributed by atoms with E-state index in [1.165, 1.54) is 0 Å². The first-order valence-corrected chi connectivity index (χ1v) is 3.80. The fraction of sp³-hybridized carbons (Fsp3) is 0.500. The van der Waals surface area contributed by atoms with E-state index in [-0.39, 0.29) is 0 Å². The molecular weight excluding hydrogens is 154 g/mol. The minimum Gasteiger partial charge on any atom is -0.477 e. The van der Waals surface area contributed by atoms with Crippen LogP contribution in [0.25, 0.3) is 0 Å². The summed E-state index contributed by atoms with van der Waals surface area (Å²) >= 11 is 0. The Morgan fingerprint density at radius 2 is 2.50 bits per heavy atom. The van der Waals surface area contributed by atoms with Crippen LogP contribution >= 0.6 is 0 Å². The van der Waals surface area contributed by atoms with Crippen LogP contribution in [0.1, 0.15) is 12.6 Å². The van der Waals surface area contributed by atoms with Crippen molar-refractivity contribution in [2.24, 2.45) is 7.05 Å². The van der Waals surface area contributed by atoms with Crippen molar-refractivity contribution < 1.29 is 4.74 Å². The molecule has 0 saturated heterocycles. The van der Waals surface area contributed by atoms with Crippen molar-refractivity contribution in [2.45, 2.75) is 13.3 Å². The lowest BCUT2D eigenvalue weighted by Gasteiger charge is -1.93. The Labute approximate surface area is 71.4 Å². The summed E-state index contributed by atoms with van der Waals surface area (Å²) in [5.41, 5.74) is 0.876. The smallest absolute Gasteiger partial charge is 0.233 e. The minimum absolute atomic E-state index is 0.372. The molecule has 12 heavy (non-hydrogen) atoms. The number of rotatable bonds is 3. The lowest BCUT2D eigenvalue weighted by atomic mass is 10.3. The molecule has 64 valence electrons. The van der Waals surface area contributed by atoms with E-state index >= 15 is 0 Å². The first-order valence-electron chi connectivity index (χ1n) is 3.80. The van der Waals surface area contributed by atoms with Gasteiger partial charge in [0.05, 0.1) is 24.8 Å². The largest absolute Gasteiger partial charge is 0.477 e. The first kappa shape index (κ1) is 8.60. The monoisotopic (exact) mass is 165 g/mol.